The Bertz CT molecular complexity index is 514. The number of piperazine rings is 1. The molecular formula is C16H22FN3O. The van der Waals surface area contributed by atoms with E-state index in [1.54, 1.807) is 12.1 Å². The van der Waals surface area contributed by atoms with Gasteiger partial charge >= 0.3 is 0 Å². The zero-order valence-electron chi connectivity index (χ0n) is 12.2. The molecule has 1 heterocycles. The smallest absolute Gasteiger partial charge is 0.227 e. The van der Waals surface area contributed by atoms with Gasteiger partial charge in [0.1, 0.15) is 5.82 Å². The molecule has 4 nitrogen and oxygen atoms in total. The van der Waals surface area contributed by atoms with E-state index in [9.17, 15) is 9.18 Å². The number of para-hydroxylation sites is 1. The van der Waals surface area contributed by atoms with Gasteiger partial charge in [0.05, 0.1) is 11.6 Å². The van der Waals surface area contributed by atoms with Crippen molar-refractivity contribution >= 4 is 11.6 Å². The molecule has 1 aliphatic heterocycles. The van der Waals surface area contributed by atoms with E-state index in [1.807, 2.05) is 15.9 Å². The molecule has 1 aliphatic carbocycles. The Morgan fingerprint density at radius 3 is 2.48 bits per heavy atom. The zero-order chi connectivity index (χ0) is 14.8. The lowest BCUT2D eigenvalue weighted by Crippen LogP contribution is -2.52. The third-order valence-corrected chi connectivity index (χ3v) is 4.67. The molecule has 0 spiro atoms. The van der Waals surface area contributed by atoms with Gasteiger partial charge in [-0.3, -0.25) is 4.79 Å². The maximum Gasteiger partial charge on any atom is 0.227 e. The third kappa shape index (κ3) is 2.88. The highest BCUT2D eigenvalue weighted by Crippen LogP contribution is 2.27. The predicted octanol–water partition coefficient (Wildman–Crippen LogP) is 1.60. The quantitative estimate of drug-likeness (QED) is 0.900. The predicted molar refractivity (Wildman–Crippen MR) is 80.5 cm³/mol. The van der Waals surface area contributed by atoms with Crippen LogP contribution in [0.25, 0.3) is 0 Å². The van der Waals surface area contributed by atoms with Gasteiger partial charge in [0.15, 0.2) is 0 Å². The summed E-state index contributed by atoms with van der Waals surface area (Å²) in [6, 6.07) is 6.82. The van der Waals surface area contributed by atoms with E-state index in [0.717, 1.165) is 19.3 Å². The van der Waals surface area contributed by atoms with Crippen LogP contribution in [-0.2, 0) is 4.79 Å². The molecule has 2 fully saturated rings. The number of anilines is 1. The molecule has 0 radical (unpaired) electrons. The van der Waals surface area contributed by atoms with E-state index in [-0.39, 0.29) is 23.7 Å². The SMILES string of the molecule is N[C@@H]1CCC[C@H]1C(=O)N1CCN(c2ccccc2F)CC1. The van der Waals surface area contributed by atoms with Crippen molar-refractivity contribution in [3.8, 4) is 0 Å². The van der Waals surface area contributed by atoms with Gasteiger partial charge in [-0.15, -0.1) is 0 Å². The average Bonchev–Trinajstić information content (AvgIpc) is 2.93. The Kier molecular flexibility index (Phi) is 4.10. The third-order valence-electron chi connectivity index (χ3n) is 4.67. The first-order valence-electron chi connectivity index (χ1n) is 7.70. The molecule has 0 aromatic heterocycles. The maximum absolute atomic E-state index is 13.8. The summed E-state index contributed by atoms with van der Waals surface area (Å²) >= 11 is 0. The van der Waals surface area contributed by atoms with Crippen LogP contribution < -0.4 is 10.6 Å². The monoisotopic (exact) mass is 291 g/mol. The number of hydrogen-bond donors (Lipinski definition) is 1. The molecule has 1 aromatic rings. The van der Waals surface area contributed by atoms with Crippen LogP contribution in [0.2, 0.25) is 0 Å². The number of rotatable bonds is 2. The Balaban J connectivity index is 1.60. The molecule has 21 heavy (non-hydrogen) atoms. The summed E-state index contributed by atoms with van der Waals surface area (Å²) in [5.74, 6) is -0.0201. The summed E-state index contributed by atoms with van der Waals surface area (Å²) < 4.78 is 13.8. The van der Waals surface area contributed by atoms with Crippen molar-refractivity contribution in [2.24, 2.45) is 11.7 Å². The number of hydrogen-bond acceptors (Lipinski definition) is 3. The van der Waals surface area contributed by atoms with Crippen molar-refractivity contribution in [2.75, 3.05) is 31.1 Å². The fraction of sp³-hybridized carbons (Fsp3) is 0.562. The average molecular weight is 291 g/mol. The van der Waals surface area contributed by atoms with Crippen LogP contribution in [-0.4, -0.2) is 43.0 Å². The second kappa shape index (κ2) is 6.02. The van der Waals surface area contributed by atoms with Crippen molar-refractivity contribution in [2.45, 2.75) is 25.3 Å². The first-order chi connectivity index (χ1) is 10.2. The van der Waals surface area contributed by atoms with Crippen LogP contribution in [0.15, 0.2) is 24.3 Å². The highest BCUT2D eigenvalue weighted by atomic mass is 19.1. The van der Waals surface area contributed by atoms with Crippen molar-refractivity contribution < 1.29 is 9.18 Å². The summed E-state index contributed by atoms with van der Waals surface area (Å²) in [4.78, 5) is 16.4. The minimum absolute atomic E-state index is 0.00925. The topological polar surface area (TPSA) is 49.6 Å². The minimum Gasteiger partial charge on any atom is -0.366 e. The van der Waals surface area contributed by atoms with Gasteiger partial charge in [0.2, 0.25) is 5.91 Å². The summed E-state index contributed by atoms with van der Waals surface area (Å²) in [6.07, 6.45) is 2.91. The molecule has 2 N–H and O–H groups in total. The maximum atomic E-state index is 13.8. The Labute approximate surface area is 124 Å². The van der Waals surface area contributed by atoms with E-state index in [1.165, 1.54) is 6.07 Å². The fourth-order valence-corrected chi connectivity index (χ4v) is 3.41. The van der Waals surface area contributed by atoms with Crippen LogP contribution in [0.4, 0.5) is 10.1 Å². The first kappa shape index (κ1) is 14.3. The molecule has 3 rings (SSSR count). The molecule has 5 heteroatoms. The lowest BCUT2D eigenvalue weighted by Gasteiger charge is -2.37. The Morgan fingerprint density at radius 1 is 1.14 bits per heavy atom. The molecule has 1 saturated carbocycles. The molecule has 114 valence electrons. The van der Waals surface area contributed by atoms with Crippen molar-refractivity contribution in [1.82, 2.24) is 4.90 Å². The van der Waals surface area contributed by atoms with E-state index < -0.39 is 0 Å². The second-order valence-electron chi connectivity index (χ2n) is 5.96. The van der Waals surface area contributed by atoms with Crippen LogP contribution in [0.5, 0.6) is 0 Å². The molecule has 1 aromatic carbocycles. The number of carbonyl (C=O) groups excluding carboxylic acids is 1. The fourth-order valence-electron chi connectivity index (χ4n) is 3.41. The van der Waals surface area contributed by atoms with Crippen molar-refractivity contribution in [3.05, 3.63) is 30.1 Å². The molecule has 0 bridgehead atoms. The highest BCUT2D eigenvalue weighted by molar-refractivity contribution is 5.80. The number of nitrogens with two attached hydrogens (primary N) is 1. The zero-order valence-corrected chi connectivity index (χ0v) is 12.2. The van der Waals surface area contributed by atoms with E-state index in [0.29, 0.717) is 31.9 Å². The number of amides is 1. The number of halogens is 1. The minimum atomic E-state index is -0.199. The van der Waals surface area contributed by atoms with Crippen LogP contribution in [0.3, 0.4) is 0 Å². The molecule has 0 unspecified atom stereocenters. The van der Waals surface area contributed by atoms with Gasteiger partial charge in [-0.05, 0) is 25.0 Å². The summed E-state index contributed by atoms with van der Waals surface area (Å²) in [7, 11) is 0. The molecule has 2 atom stereocenters. The van der Waals surface area contributed by atoms with Gasteiger partial charge in [0.25, 0.3) is 0 Å². The molecule has 1 saturated heterocycles. The Morgan fingerprint density at radius 2 is 1.86 bits per heavy atom. The number of nitrogens with zero attached hydrogens (tertiary/aromatic N) is 2. The molecule has 2 aliphatic rings. The standard InChI is InChI=1S/C16H22FN3O/c17-13-5-1-2-7-15(13)19-8-10-20(11-9-19)16(21)12-4-3-6-14(12)18/h1-2,5,7,12,14H,3-4,6,8-11,18H2/t12-,14-/m1/s1. The summed E-state index contributed by atoms with van der Waals surface area (Å²) in [6.45, 7) is 2.65. The van der Waals surface area contributed by atoms with Gasteiger partial charge in [0, 0.05) is 32.2 Å². The lowest BCUT2D eigenvalue weighted by atomic mass is 10.0. The van der Waals surface area contributed by atoms with Gasteiger partial charge in [-0.25, -0.2) is 4.39 Å². The van der Waals surface area contributed by atoms with Gasteiger partial charge < -0.3 is 15.5 Å². The van der Waals surface area contributed by atoms with Crippen molar-refractivity contribution in [3.63, 3.8) is 0 Å². The van der Waals surface area contributed by atoms with E-state index in [4.69, 9.17) is 5.73 Å². The molecule has 1 amide bonds. The molecular weight excluding hydrogens is 269 g/mol. The summed E-state index contributed by atoms with van der Waals surface area (Å²) in [5.41, 5.74) is 6.64. The van der Waals surface area contributed by atoms with Crippen LogP contribution in [0.1, 0.15) is 19.3 Å². The van der Waals surface area contributed by atoms with E-state index in [2.05, 4.69) is 0 Å². The number of benzene rings is 1. The normalized spacial score (nSPS) is 26.2. The first-order valence-corrected chi connectivity index (χ1v) is 7.70. The summed E-state index contributed by atoms with van der Waals surface area (Å²) in [5, 5.41) is 0. The number of carbonyl (C=O) groups is 1. The lowest BCUT2D eigenvalue weighted by molar-refractivity contribution is -0.136. The van der Waals surface area contributed by atoms with E-state index >= 15 is 0 Å². The van der Waals surface area contributed by atoms with Gasteiger partial charge in [-0.2, -0.15) is 0 Å². The largest absolute Gasteiger partial charge is 0.366 e. The van der Waals surface area contributed by atoms with Crippen LogP contribution in [0, 0.1) is 11.7 Å². The second-order valence-corrected chi connectivity index (χ2v) is 5.96. The highest BCUT2D eigenvalue weighted by Gasteiger charge is 2.34. The van der Waals surface area contributed by atoms with Gasteiger partial charge in [-0.1, -0.05) is 18.6 Å². The Hall–Kier alpha value is -1.62. The van der Waals surface area contributed by atoms with Crippen molar-refractivity contribution in [1.29, 1.82) is 0 Å². The van der Waals surface area contributed by atoms with Crippen LogP contribution >= 0.6 is 0 Å².